The number of anilines is 1. The molecule has 1 aromatic heterocycles. The van der Waals surface area contributed by atoms with Gasteiger partial charge in [0.15, 0.2) is 0 Å². The summed E-state index contributed by atoms with van der Waals surface area (Å²) in [6.07, 6.45) is 0.558. The lowest BCUT2D eigenvalue weighted by Crippen LogP contribution is -2.30. The predicted molar refractivity (Wildman–Crippen MR) is 137 cm³/mol. The van der Waals surface area contributed by atoms with E-state index in [9.17, 15) is 9.59 Å². The number of pyridine rings is 1. The molecule has 0 unspecified atom stereocenters. The van der Waals surface area contributed by atoms with Crippen LogP contribution in [0.25, 0.3) is 21.9 Å². The van der Waals surface area contributed by atoms with E-state index in [1.165, 1.54) is 0 Å². The van der Waals surface area contributed by atoms with Crippen LogP contribution in [0.2, 0.25) is 0 Å². The molecular weight excluding hydrogens is 428 g/mol. The summed E-state index contributed by atoms with van der Waals surface area (Å²) in [5.41, 5.74) is 4.43. The van der Waals surface area contributed by atoms with Crippen LogP contribution in [0.4, 0.5) is 5.69 Å². The summed E-state index contributed by atoms with van der Waals surface area (Å²) in [6, 6.07) is 24.8. The lowest BCUT2D eigenvalue weighted by atomic mass is 9.92. The van der Waals surface area contributed by atoms with Crippen molar-refractivity contribution in [2.75, 3.05) is 11.1 Å². The van der Waals surface area contributed by atoms with E-state index in [2.05, 4.69) is 47.8 Å². The molecule has 0 radical (unpaired) electrons. The summed E-state index contributed by atoms with van der Waals surface area (Å²) in [4.78, 5) is 26.4. The number of fused-ring (bicyclic) bond motifs is 2. The topological polar surface area (TPSA) is 51.1 Å². The van der Waals surface area contributed by atoms with Gasteiger partial charge in [0.2, 0.25) is 5.91 Å². The summed E-state index contributed by atoms with van der Waals surface area (Å²) < 4.78 is 1.83. The van der Waals surface area contributed by atoms with Gasteiger partial charge in [0.1, 0.15) is 5.69 Å². The first kappa shape index (κ1) is 21.5. The van der Waals surface area contributed by atoms with Crippen molar-refractivity contribution in [2.24, 2.45) is 5.92 Å². The van der Waals surface area contributed by atoms with Crippen molar-refractivity contribution >= 4 is 34.1 Å². The van der Waals surface area contributed by atoms with Crippen molar-refractivity contribution in [3.05, 3.63) is 94.3 Å². The Hall–Kier alpha value is -3.31. The smallest absolute Gasteiger partial charge is 0.275 e. The number of aromatic nitrogens is 1. The number of benzene rings is 3. The number of amides is 1. The predicted octanol–water partition coefficient (Wildman–Crippen LogP) is 5.96. The average Bonchev–Trinajstić information content (AvgIpc) is 3.32. The fraction of sp³-hybridized carbons (Fsp3) is 0.214. The van der Waals surface area contributed by atoms with Gasteiger partial charge < -0.3 is 9.88 Å². The zero-order valence-corrected chi connectivity index (χ0v) is 19.6. The molecule has 1 aliphatic heterocycles. The monoisotopic (exact) mass is 454 g/mol. The number of nitrogens with zero attached hydrogens (tertiary/aromatic N) is 1. The van der Waals surface area contributed by atoms with Crippen LogP contribution < -0.4 is 10.9 Å². The lowest BCUT2D eigenvalue weighted by molar-refractivity contribution is -0.118. The Bertz CT molecular complexity index is 1400. The third kappa shape index (κ3) is 3.98. The maximum absolute atomic E-state index is 13.6. The van der Waals surface area contributed by atoms with Crippen LogP contribution in [0.15, 0.2) is 82.6 Å². The summed E-state index contributed by atoms with van der Waals surface area (Å²) in [7, 11) is 0. The Balaban J connectivity index is 1.79. The van der Waals surface area contributed by atoms with Crippen LogP contribution in [-0.2, 0) is 17.8 Å². The van der Waals surface area contributed by atoms with E-state index >= 15 is 0 Å². The van der Waals surface area contributed by atoms with Crippen molar-refractivity contribution in [3.63, 3.8) is 0 Å². The molecule has 0 spiro atoms. The largest absolute Gasteiger partial charge is 0.321 e. The van der Waals surface area contributed by atoms with Crippen LogP contribution in [0.5, 0.6) is 0 Å². The third-order valence-corrected chi connectivity index (χ3v) is 7.24. The molecule has 2 heterocycles. The van der Waals surface area contributed by atoms with Gasteiger partial charge in [0, 0.05) is 30.2 Å². The summed E-state index contributed by atoms with van der Waals surface area (Å²) in [6.45, 7) is 4.34. The van der Waals surface area contributed by atoms with Gasteiger partial charge in [0.05, 0.1) is 5.03 Å². The van der Waals surface area contributed by atoms with E-state index in [0.29, 0.717) is 18.7 Å². The van der Waals surface area contributed by atoms with Gasteiger partial charge in [-0.05, 0) is 27.5 Å². The van der Waals surface area contributed by atoms with Crippen molar-refractivity contribution in [2.45, 2.75) is 31.8 Å². The standard InChI is InChI=1S/C28H26N2O2S/c1-18(2)26(31)29-25-23(17-21-13-8-12-19-9-6-7-14-22(19)21)24(20-10-4-3-5-11-20)28-30(27(25)32)15-16-33-28/h3-14,18H,15-17H2,1-2H3,(H,29,31). The Kier molecular flexibility index (Phi) is 5.81. The van der Waals surface area contributed by atoms with Crippen molar-refractivity contribution in [1.29, 1.82) is 0 Å². The average molecular weight is 455 g/mol. The summed E-state index contributed by atoms with van der Waals surface area (Å²) in [5, 5.41) is 6.32. The molecular formula is C28H26N2O2S. The second kappa shape index (κ2) is 8.91. The quantitative estimate of drug-likeness (QED) is 0.405. The number of hydrogen-bond donors (Lipinski definition) is 1. The van der Waals surface area contributed by atoms with E-state index in [1.54, 1.807) is 11.8 Å². The lowest BCUT2D eigenvalue weighted by Gasteiger charge is -2.21. The molecule has 0 saturated carbocycles. The minimum atomic E-state index is -0.220. The van der Waals surface area contributed by atoms with Gasteiger partial charge in [-0.3, -0.25) is 9.59 Å². The maximum Gasteiger partial charge on any atom is 0.275 e. The van der Waals surface area contributed by atoms with Gasteiger partial charge in [0.25, 0.3) is 5.56 Å². The van der Waals surface area contributed by atoms with Gasteiger partial charge in [-0.25, -0.2) is 0 Å². The molecule has 0 saturated heterocycles. The molecule has 3 aromatic carbocycles. The Labute approximate surface area is 197 Å². The first-order valence-electron chi connectivity index (χ1n) is 11.3. The molecule has 4 nitrogen and oxygen atoms in total. The fourth-order valence-corrected chi connectivity index (χ4v) is 5.63. The van der Waals surface area contributed by atoms with E-state index in [0.717, 1.165) is 43.8 Å². The van der Waals surface area contributed by atoms with Crippen LogP contribution in [0.1, 0.15) is 25.0 Å². The molecule has 5 heteroatoms. The molecule has 0 aliphatic carbocycles. The fourth-order valence-electron chi connectivity index (χ4n) is 4.44. The zero-order valence-electron chi connectivity index (χ0n) is 18.8. The molecule has 0 atom stereocenters. The first-order valence-corrected chi connectivity index (χ1v) is 12.3. The molecule has 0 fully saturated rings. The number of hydrogen-bond acceptors (Lipinski definition) is 3. The van der Waals surface area contributed by atoms with Crippen LogP contribution >= 0.6 is 11.8 Å². The second-order valence-electron chi connectivity index (χ2n) is 8.66. The zero-order chi connectivity index (χ0) is 22.9. The van der Waals surface area contributed by atoms with Crippen LogP contribution in [0, 0.1) is 5.92 Å². The van der Waals surface area contributed by atoms with E-state index in [1.807, 2.05) is 48.7 Å². The van der Waals surface area contributed by atoms with E-state index in [-0.39, 0.29) is 17.4 Å². The number of carbonyl (C=O) groups is 1. The first-order chi connectivity index (χ1) is 16.0. The number of carbonyl (C=O) groups excluding carboxylic acids is 1. The molecule has 33 heavy (non-hydrogen) atoms. The number of thioether (sulfide) groups is 1. The van der Waals surface area contributed by atoms with Crippen molar-refractivity contribution in [3.8, 4) is 11.1 Å². The Morgan fingerprint density at radius 1 is 1.00 bits per heavy atom. The molecule has 0 bridgehead atoms. The Morgan fingerprint density at radius 3 is 2.52 bits per heavy atom. The molecule has 5 rings (SSSR count). The van der Waals surface area contributed by atoms with E-state index < -0.39 is 0 Å². The SMILES string of the molecule is CC(C)C(=O)Nc1c(Cc2cccc3ccccc23)c(-c2ccccc2)c2n(c1=O)CCS2. The van der Waals surface area contributed by atoms with Crippen LogP contribution in [0.3, 0.4) is 0 Å². The van der Waals surface area contributed by atoms with Gasteiger partial charge in [-0.2, -0.15) is 0 Å². The summed E-state index contributed by atoms with van der Waals surface area (Å²) in [5.74, 6) is 0.490. The molecule has 4 aromatic rings. The minimum absolute atomic E-state index is 0.112. The van der Waals surface area contributed by atoms with Crippen molar-refractivity contribution in [1.82, 2.24) is 4.57 Å². The third-order valence-electron chi connectivity index (χ3n) is 6.16. The highest BCUT2D eigenvalue weighted by Gasteiger charge is 2.27. The van der Waals surface area contributed by atoms with Gasteiger partial charge in [-0.15, -0.1) is 11.8 Å². The highest BCUT2D eigenvalue weighted by atomic mass is 32.2. The van der Waals surface area contributed by atoms with E-state index in [4.69, 9.17) is 0 Å². The highest BCUT2D eigenvalue weighted by Crippen LogP contribution is 2.40. The molecule has 1 aliphatic rings. The molecule has 1 N–H and O–H groups in total. The normalized spacial score (nSPS) is 12.8. The van der Waals surface area contributed by atoms with Crippen LogP contribution in [-0.4, -0.2) is 16.2 Å². The van der Waals surface area contributed by atoms with Gasteiger partial charge in [-0.1, -0.05) is 86.6 Å². The maximum atomic E-state index is 13.6. The highest BCUT2D eigenvalue weighted by molar-refractivity contribution is 7.99. The second-order valence-corrected chi connectivity index (χ2v) is 9.75. The van der Waals surface area contributed by atoms with Gasteiger partial charge >= 0.3 is 0 Å². The molecule has 1 amide bonds. The Morgan fingerprint density at radius 2 is 1.73 bits per heavy atom. The minimum Gasteiger partial charge on any atom is -0.321 e. The van der Waals surface area contributed by atoms with Crippen molar-refractivity contribution < 1.29 is 4.79 Å². The number of rotatable bonds is 5. The summed E-state index contributed by atoms with van der Waals surface area (Å²) >= 11 is 1.72. The molecule has 166 valence electrons. The number of nitrogens with one attached hydrogen (secondary N) is 1.